The molecule has 0 heterocycles. The molecule has 1 aromatic rings. The first-order valence-corrected chi connectivity index (χ1v) is 6.73. The molecule has 0 saturated heterocycles. The normalized spacial score (nSPS) is 12.3. The van der Waals surface area contributed by atoms with Gasteiger partial charge in [-0.05, 0) is 51.3 Å². The fraction of sp³-hybridized carbons (Fsp3) is 0.467. The highest BCUT2D eigenvalue weighted by atomic mass is 35.5. The van der Waals surface area contributed by atoms with E-state index in [4.69, 9.17) is 16.3 Å². The van der Waals surface area contributed by atoms with Crippen molar-refractivity contribution in [2.45, 2.75) is 39.7 Å². The lowest BCUT2D eigenvalue weighted by Gasteiger charge is -2.15. The topological polar surface area (TPSA) is 43.4 Å². The van der Waals surface area contributed by atoms with Crippen LogP contribution >= 0.6 is 11.6 Å². The number of carbonyl (C=O) groups excluding carboxylic acids is 2. The third kappa shape index (κ3) is 5.43. The molecule has 1 aromatic carbocycles. The lowest BCUT2D eigenvalue weighted by molar-refractivity contribution is -0.155. The number of benzene rings is 1. The van der Waals surface area contributed by atoms with E-state index < -0.39 is 11.9 Å². The second-order valence-corrected chi connectivity index (χ2v) is 5.25. The van der Waals surface area contributed by atoms with E-state index in [0.717, 1.165) is 5.56 Å². The molecule has 4 heteroatoms. The predicted octanol–water partition coefficient (Wildman–Crippen LogP) is 3.43. The summed E-state index contributed by atoms with van der Waals surface area (Å²) in [5.74, 6) is -1.29. The van der Waals surface area contributed by atoms with E-state index >= 15 is 0 Å². The van der Waals surface area contributed by atoms with Crippen LogP contribution in [0.3, 0.4) is 0 Å². The summed E-state index contributed by atoms with van der Waals surface area (Å²) in [4.78, 5) is 23.3. The van der Waals surface area contributed by atoms with Gasteiger partial charge in [0.1, 0.15) is 11.7 Å². The Bertz CT molecular complexity index is 454. The van der Waals surface area contributed by atoms with E-state index in [0.29, 0.717) is 17.9 Å². The maximum Gasteiger partial charge on any atom is 0.316 e. The van der Waals surface area contributed by atoms with Crippen molar-refractivity contribution < 1.29 is 14.3 Å². The molecule has 0 aliphatic rings. The molecule has 0 fully saturated rings. The summed E-state index contributed by atoms with van der Waals surface area (Å²) < 4.78 is 5.10. The van der Waals surface area contributed by atoms with Crippen LogP contribution in [0, 0.1) is 5.92 Å². The molecule has 1 unspecified atom stereocenters. The third-order valence-electron chi connectivity index (χ3n) is 2.74. The summed E-state index contributed by atoms with van der Waals surface area (Å²) in [6.45, 7) is 4.96. The molecule has 3 nitrogen and oxygen atoms in total. The summed E-state index contributed by atoms with van der Waals surface area (Å²) in [5.41, 5.74) is 1.01. The van der Waals surface area contributed by atoms with Gasteiger partial charge in [0.2, 0.25) is 0 Å². The number of aryl methyl sites for hydroxylation is 1. The van der Waals surface area contributed by atoms with E-state index in [1.54, 1.807) is 19.9 Å². The van der Waals surface area contributed by atoms with Crippen molar-refractivity contribution in [2.24, 2.45) is 5.92 Å². The molecule has 0 radical (unpaired) electrons. The molecule has 0 aromatic heterocycles. The number of rotatable bonds is 6. The fourth-order valence-corrected chi connectivity index (χ4v) is 2.02. The lowest BCUT2D eigenvalue weighted by Crippen LogP contribution is -2.27. The second-order valence-electron chi connectivity index (χ2n) is 4.82. The lowest BCUT2D eigenvalue weighted by atomic mass is 9.96. The van der Waals surface area contributed by atoms with Gasteiger partial charge >= 0.3 is 5.97 Å². The minimum Gasteiger partial charge on any atom is -0.462 e. The molecule has 0 saturated carbocycles. The standard InChI is InChI=1S/C15H19ClO3/c1-10(2)19-15(18)14(11(3)17)8-7-12-5-4-6-13(16)9-12/h4-6,9-10,14H,7-8H2,1-3H3. The zero-order valence-corrected chi connectivity index (χ0v) is 12.2. The van der Waals surface area contributed by atoms with Gasteiger partial charge in [0.05, 0.1) is 6.10 Å². The van der Waals surface area contributed by atoms with Gasteiger partial charge in [-0.2, -0.15) is 0 Å². The van der Waals surface area contributed by atoms with Crippen molar-refractivity contribution in [1.29, 1.82) is 0 Å². The van der Waals surface area contributed by atoms with Gasteiger partial charge in [0, 0.05) is 5.02 Å². The summed E-state index contributed by atoms with van der Waals surface area (Å²) in [6.07, 6.45) is 0.861. The molecule has 19 heavy (non-hydrogen) atoms. The van der Waals surface area contributed by atoms with Gasteiger partial charge in [-0.25, -0.2) is 0 Å². The van der Waals surface area contributed by atoms with Crippen LogP contribution in [0.25, 0.3) is 0 Å². The highest BCUT2D eigenvalue weighted by Gasteiger charge is 2.25. The van der Waals surface area contributed by atoms with Gasteiger partial charge in [-0.15, -0.1) is 0 Å². The predicted molar refractivity (Wildman–Crippen MR) is 75.2 cm³/mol. The number of carbonyl (C=O) groups is 2. The Hall–Kier alpha value is -1.35. The molecule has 1 atom stereocenters. The number of esters is 1. The highest BCUT2D eigenvalue weighted by molar-refractivity contribution is 6.30. The quantitative estimate of drug-likeness (QED) is 0.593. The molecule has 1 rings (SSSR count). The third-order valence-corrected chi connectivity index (χ3v) is 2.97. The SMILES string of the molecule is CC(=O)C(CCc1cccc(Cl)c1)C(=O)OC(C)C. The van der Waals surface area contributed by atoms with Crippen molar-refractivity contribution in [1.82, 2.24) is 0 Å². The molecule has 0 N–H and O–H groups in total. The van der Waals surface area contributed by atoms with Crippen LogP contribution in [-0.4, -0.2) is 17.9 Å². The Morgan fingerprint density at radius 2 is 2.00 bits per heavy atom. The molecular formula is C15H19ClO3. The van der Waals surface area contributed by atoms with Crippen molar-refractivity contribution in [3.8, 4) is 0 Å². The monoisotopic (exact) mass is 282 g/mol. The first kappa shape index (κ1) is 15.7. The van der Waals surface area contributed by atoms with Gasteiger partial charge < -0.3 is 4.74 Å². The molecule has 104 valence electrons. The fourth-order valence-electron chi connectivity index (χ4n) is 1.80. The molecule has 0 amide bonds. The van der Waals surface area contributed by atoms with E-state index in [-0.39, 0.29) is 11.9 Å². The summed E-state index contributed by atoms with van der Waals surface area (Å²) in [7, 11) is 0. The molecule has 0 aliphatic carbocycles. The number of hydrogen-bond acceptors (Lipinski definition) is 3. The van der Waals surface area contributed by atoms with Crippen LogP contribution in [0.1, 0.15) is 32.8 Å². The van der Waals surface area contributed by atoms with E-state index in [9.17, 15) is 9.59 Å². The van der Waals surface area contributed by atoms with Crippen LogP contribution < -0.4 is 0 Å². The van der Waals surface area contributed by atoms with Gasteiger partial charge in [0.15, 0.2) is 0 Å². The van der Waals surface area contributed by atoms with Crippen LogP contribution in [-0.2, 0) is 20.7 Å². The maximum absolute atomic E-state index is 11.8. The Labute approximate surface area is 118 Å². The van der Waals surface area contributed by atoms with E-state index in [2.05, 4.69) is 0 Å². The summed E-state index contributed by atoms with van der Waals surface area (Å²) >= 11 is 5.90. The first-order chi connectivity index (χ1) is 8.90. The van der Waals surface area contributed by atoms with E-state index in [1.807, 2.05) is 18.2 Å². The highest BCUT2D eigenvalue weighted by Crippen LogP contribution is 2.16. The van der Waals surface area contributed by atoms with Crippen molar-refractivity contribution in [2.75, 3.05) is 0 Å². The minimum atomic E-state index is -0.693. The Balaban J connectivity index is 2.64. The Kier molecular flexibility index (Phi) is 6.03. The number of halogens is 1. The van der Waals surface area contributed by atoms with Gasteiger partial charge in [-0.1, -0.05) is 23.7 Å². The van der Waals surface area contributed by atoms with Crippen molar-refractivity contribution in [3.63, 3.8) is 0 Å². The second kappa shape index (κ2) is 7.29. The Morgan fingerprint density at radius 3 is 2.53 bits per heavy atom. The van der Waals surface area contributed by atoms with Crippen molar-refractivity contribution >= 4 is 23.4 Å². The van der Waals surface area contributed by atoms with Crippen LogP contribution in [0.4, 0.5) is 0 Å². The zero-order valence-electron chi connectivity index (χ0n) is 11.5. The number of Topliss-reactive ketones (excluding diaryl/α,β-unsaturated/α-hetero) is 1. The molecule has 0 aliphatic heterocycles. The molecular weight excluding hydrogens is 264 g/mol. The van der Waals surface area contributed by atoms with Crippen LogP contribution in [0.5, 0.6) is 0 Å². The first-order valence-electron chi connectivity index (χ1n) is 6.35. The number of ketones is 1. The minimum absolute atomic E-state index is 0.160. The van der Waals surface area contributed by atoms with Gasteiger partial charge in [-0.3, -0.25) is 9.59 Å². The smallest absolute Gasteiger partial charge is 0.316 e. The molecule has 0 spiro atoms. The number of ether oxygens (including phenoxy) is 1. The molecule has 0 bridgehead atoms. The zero-order chi connectivity index (χ0) is 14.4. The summed E-state index contributed by atoms with van der Waals surface area (Å²) in [5, 5.41) is 0.654. The Morgan fingerprint density at radius 1 is 1.32 bits per heavy atom. The maximum atomic E-state index is 11.8. The van der Waals surface area contributed by atoms with Crippen LogP contribution in [0.2, 0.25) is 5.02 Å². The van der Waals surface area contributed by atoms with Crippen molar-refractivity contribution in [3.05, 3.63) is 34.9 Å². The largest absolute Gasteiger partial charge is 0.462 e. The number of hydrogen-bond donors (Lipinski definition) is 0. The van der Waals surface area contributed by atoms with E-state index in [1.165, 1.54) is 6.92 Å². The van der Waals surface area contributed by atoms with Gasteiger partial charge in [0.25, 0.3) is 0 Å². The average molecular weight is 283 g/mol. The summed E-state index contributed by atoms with van der Waals surface area (Å²) in [6, 6.07) is 7.41. The average Bonchev–Trinajstić information content (AvgIpc) is 2.27. The van der Waals surface area contributed by atoms with Crippen LogP contribution in [0.15, 0.2) is 24.3 Å².